The van der Waals surface area contributed by atoms with Crippen LogP contribution in [0.15, 0.2) is 40.9 Å². The molecule has 1 unspecified atom stereocenters. The van der Waals surface area contributed by atoms with Gasteiger partial charge in [-0.2, -0.15) is 0 Å². The number of rotatable bonds is 5. The molecule has 3 aromatic heterocycles. The van der Waals surface area contributed by atoms with Gasteiger partial charge in [-0.3, -0.25) is 13.4 Å². The number of carbonyl (C=O) groups is 1. The molecule has 1 aromatic carbocycles. The fourth-order valence-electron chi connectivity index (χ4n) is 3.71. The van der Waals surface area contributed by atoms with E-state index in [2.05, 4.69) is 11.9 Å². The smallest absolute Gasteiger partial charge is 0.254 e. The van der Waals surface area contributed by atoms with Crippen molar-refractivity contribution in [3.8, 4) is 11.4 Å². The molecule has 1 amide bonds. The van der Waals surface area contributed by atoms with Gasteiger partial charge in [0.15, 0.2) is 5.65 Å². The number of amides is 1. The maximum Gasteiger partial charge on any atom is 0.254 e. The molecule has 0 saturated heterocycles. The van der Waals surface area contributed by atoms with Crippen LogP contribution in [0, 0.1) is 0 Å². The normalized spacial score (nSPS) is 14.8. The quantitative estimate of drug-likeness (QED) is 0.484. The zero-order chi connectivity index (χ0) is 20.1. The second kappa shape index (κ2) is 7.03. The Bertz CT molecular complexity index is 1290. The molecule has 0 N–H and O–H groups in total. The van der Waals surface area contributed by atoms with Crippen LogP contribution in [0.4, 0.5) is 0 Å². The summed E-state index contributed by atoms with van der Waals surface area (Å²) in [5, 5.41) is 0. The van der Waals surface area contributed by atoms with E-state index in [9.17, 15) is 9.00 Å². The summed E-state index contributed by atoms with van der Waals surface area (Å²) in [6, 6.07) is 7.80. The number of hydrogen-bond donors (Lipinski definition) is 0. The third kappa shape index (κ3) is 2.98. The summed E-state index contributed by atoms with van der Waals surface area (Å²) in [5.74, 6) is 1.51. The van der Waals surface area contributed by atoms with Crippen LogP contribution in [-0.2, 0) is 17.3 Å². The molecule has 1 aliphatic heterocycles. The Kier molecular flexibility index (Phi) is 4.48. The van der Waals surface area contributed by atoms with Crippen molar-refractivity contribution in [2.75, 3.05) is 12.8 Å². The minimum Gasteiger partial charge on any atom is -0.337 e. The molecule has 29 heavy (non-hydrogen) atoms. The van der Waals surface area contributed by atoms with Crippen molar-refractivity contribution in [2.45, 2.75) is 30.5 Å². The van der Waals surface area contributed by atoms with Gasteiger partial charge in [0, 0.05) is 42.9 Å². The first-order valence-electron chi connectivity index (χ1n) is 9.60. The Morgan fingerprint density at radius 1 is 1.28 bits per heavy atom. The summed E-state index contributed by atoms with van der Waals surface area (Å²) >= 11 is 1.52. The molecule has 0 radical (unpaired) electrons. The predicted octanol–water partition coefficient (Wildman–Crippen LogP) is 4.10. The van der Waals surface area contributed by atoms with Crippen molar-refractivity contribution in [2.24, 2.45) is 0 Å². The zero-order valence-corrected chi connectivity index (χ0v) is 17.8. The van der Waals surface area contributed by atoms with Crippen LogP contribution in [0.2, 0.25) is 0 Å². The monoisotopic (exact) mass is 424 g/mol. The van der Waals surface area contributed by atoms with Crippen molar-refractivity contribution >= 4 is 43.9 Å². The molecule has 148 valence electrons. The second-order valence-electron chi connectivity index (χ2n) is 7.27. The van der Waals surface area contributed by atoms with Crippen LogP contribution in [0.5, 0.6) is 0 Å². The highest BCUT2D eigenvalue weighted by Gasteiger charge is 2.25. The predicted molar refractivity (Wildman–Crippen MR) is 116 cm³/mol. The molecule has 0 saturated carbocycles. The summed E-state index contributed by atoms with van der Waals surface area (Å²) in [4.78, 5) is 23.3. The van der Waals surface area contributed by atoms with E-state index in [4.69, 9.17) is 4.98 Å². The fraction of sp³-hybridized carbons (Fsp3) is 0.286. The molecule has 8 heteroatoms. The van der Waals surface area contributed by atoms with Gasteiger partial charge in [0.25, 0.3) is 5.91 Å². The van der Waals surface area contributed by atoms with Crippen molar-refractivity contribution in [3.63, 3.8) is 0 Å². The van der Waals surface area contributed by atoms with E-state index >= 15 is 0 Å². The molecule has 1 atom stereocenters. The number of thiophene rings is 1. The Morgan fingerprint density at radius 3 is 2.97 bits per heavy atom. The second-order valence-corrected chi connectivity index (χ2v) is 10.1. The standard InChI is InChI=1S/C21H20N4O2S2/c1-3-4-9-29(27)17-11-16-18(28-17)20-22-7-8-25(20)19(23-16)13-5-6-15-14(10-13)12-24(2)21(15)26/h5-8,10-11H,3-4,9,12H2,1-2H3. The van der Waals surface area contributed by atoms with Crippen molar-refractivity contribution in [1.82, 2.24) is 19.3 Å². The van der Waals surface area contributed by atoms with Gasteiger partial charge in [-0.1, -0.05) is 19.4 Å². The first kappa shape index (κ1) is 18.4. The lowest BCUT2D eigenvalue weighted by Gasteiger charge is -2.07. The summed E-state index contributed by atoms with van der Waals surface area (Å²) < 4.78 is 16.4. The highest BCUT2D eigenvalue weighted by Crippen LogP contribution is 2.34. The molecule has 4 heterocycles. The van der Waals surface area contributed by atoms with Crippen molar-refractivity contribution in [3.05, 3.63) is 47.8 Å². The van der Waals surface area contributed by atoms with Crippen LogP contribution >= 0.6 is 11.3 Å². The van der Waals surface area contributed by atoms with Crippen LogP contribution in [0.1, 0.15) is 35.7 Å². The molecule has 5 rings (SSSR count). The van der Waals surface area contributed by atoms with Gasteiger partial charge >= 0.3 is 0 Å². The average molecular weight is 425 g/mol. The van der Waals surface area contributed by atoms with E-state index < -0.39 is 10.8 Å². The minimum atomic E-state index is -1.01. The highest BCUT2D eigenvalue weighted by atomic mass is 32.2. The van der Waals surface area contributed by atoms with E-state index in [0.717, 1.165) is 55.4 Å². The van der Waals surface area contributed by atoms with Gasteiger partial charge in [-0.05, 0) is 30.2 Å². The van der Waals surface area contributed by atoms with Crippen LogP contribution in [-0.4, -0.2) is 42.2 Å². The number of benzene rings is 1. The van der Waals surface area contributed by atoms with Crippen LogP contribution in [0.25, 0.3) is 27.3 Å². The number of imidazole rings is 1. The number of aromatic nitrogens is 3. The maximum atomic E-state index is 12.6. The largest absolute Gasteiger partial charge is 0.337 e. The van der Waals surface area contributed by atoms with Gasteiger partial charge < -0.3 is 4.90 Å². The van der Waals surface area contributed by atoms with Gasteiger partial charge in [-0.15, -0.1) is 11.3 Å². The van der Waals surface area contributed by atoms with E-state index in [1.54, 1.807) is 11.1 Å². The van der Waals surface area contributed by atoms with E-state index in [-0.39, 0.29) is 5.91 Å². The number of carbonyl (C=O) groups excluding carboxylic acids is 1. The van der Waals surface area contributed by atoms with E-state index in [0.29, 0.717) is 12.3 Å². The Balaban J connectivity index is 1.65. The minimum absolute atomic E-state index is 0.0553. The van der Waals surface area contributed by atoms with Crippen molar-refractivity contribution in [1.29, 1.82) is 0 Å². The molecule has 6 nitrogen and oxygen atoms in total. The number of fused-ring (bicyclic) bond motifs is 4. The van der Waals surface area contributed by atoms with Crippen LogP contribution < -0.4 is 0 Å². The molecule has 0 spiro atoms. The average Bonchev–Trinajstić information content (AvgIpc) is 3.42. The summed E-state index contributed by atoms with van der Waals surface area (Å²) in [5.41, 5.74) is 4.34. The Hall–Kier alpha value is -2.58. The first-order chi connectivity index (χ1) is 14.1. The number of nitrogens with zero attached hydrogens (tertiary/aromatic N) is 4. The number of hydrogen-bond acceptors (Lipinski definition) is 5. The third-order valence-electron chi connectivity index (χ3n) is 5.24. The molecular weight excluding hydrogens is 404 g/mol. The lowest BCUT2D eigenvalue weighted by Crippen LogP contribution is -2.17. The molecule has 0 fully saturated rings. The highest BCUT2D eigenvalue weighted by molar-refractivity contribution is 7.87. The molecule has 4 aromatic rings. The van der Waals surface area contributed by atoms with Gasteiger partial charge in [0.1, 0.15) is 5.82 Å². The Morgan fingerprint density at radius 2 is 2.14 bits per heavy atom. The number of unbranched alkanes of at least 4 members (excludes halogenated alkanes) is 1. The molecule has 0 aliphatic carbocycles. The van der Waals surface area contributed by atoms with Gasteiger partial charge in [-0.25, -0.2) is 9.97 Å². The molecule has 1 aliphatic rings. The third-order valence-corrected chi connectivity index (χ3v) is 8.19. The molecular formula is C21H20N4O2S2. The Labute approximate surface area is 174 Å². The zero-order valence-electron chi connectivity index (χ0n) is 16.2. The maximum absolute atomic E-state index is 12.6. The topological polar surface area (TPSA) is 67.6 Å². The fourth-order valence-corrected chi connectivity index (χ4v) is 6.40. The van der Waals surface area contributed by atoms with Crippen molar-refractivity contribution < 1.29 is 9.00 Å². The first-order valence-corrected chi connectivity index (χ1v) is 11.7. The van der Waals surface area contributed by atoms with Gasteiger partial charge in [0.2, 0.25) is 0 Å². The SMILES string of the molecule is CCCCS(=O)c1cc2nc(-c3ccc4c(c3)CN(C)C4=O)n3ccnc3c2s1. The summed E-state index contributed by atoms with van der Waals surface area (Å²) in [7, 11) is 0.804. The summed E-state index contributed by atoms with van der Waals surface area (Å²) in [6.07, 6.45) is 5.63. The summed E-state index contributed by atoms with van der Waals surface area (Å²) in [6.45, 7) is 2.71. The lowest BCUT2D eigenvalue weighted by atomic mass is 10.1. The van der Waals surface area contributed by atoms with Gasteiger partial charge in [0.05, 0.1) is 25.2 Å². The van der Waals surface area contributed by atoms with Crippen LogP contribution in [0.3, 0.4) is 0 Å². The lowest BCUT2D eigenvalue weighted by molar-refractivity contribution is 0.0816. The molecule has 0 bridgehead atoms. The van der Waals surface area contributed by atoms with E-state index in [1.165, 1.54) is 11.3 Å². The van der Waals surface area contributed by atoms with E-state index in [1.807, 2.05) is 41.9 Å².